The molecule has 32 heavy (non-hydrogen) atoms. The molecule has 0 aromatic heterocycles. The third kappa shape index (κ3) is 4.82. The van der Waals surface area contributed by atoms with Crippen molar-refractivity contribution < 1.29 is 9.90 Å². The number of carbonyl (C=O) groups is 1. The number of nitrogens with zero attached hydrogens (tertiary/aromatic N) is 2. The molecule has 1 unspecified atom stereocenters. The lowest BCUT2D eigenvalue weighted by atomic mass is 9.81. The van der Waals surface area contributed by atoms with Crippen LogP contribution >= 0.6 is 11.6 Å². The van der Waals surface area contributed by atoms with Crippen LogP contribution in [-0.4, -0.2) is 43.2 Å². The second-order valence-corrected chi connectivity index (χ2v) is 9.12. The van der Waals surface area contributed by atoms with Crippen LogP contribution in [0, 0.1) is 5.92 Å². The molecular weight excluding hydrogens is 420 g/mol. The summed E-state index contributed by atoms with van der Waals surface area (Å²) < 4.78 is 0. The molecule has 1 heterocycles. The Kier molecular flexibility index (Phi) is 6.83. The first-order valence-corrected chi connectivity index (χ1v) is 11.4. The maximum atomic E-state index is 11.1. The van der Waals surface area contributed by atoms with Gasteiger partial charge in [0, 0.05) is 29.8 Å². The Morgan fingerprint density at radius 1 is 0.969 bits per heavy atom. The van der Waals surface area contributed by atoms with Crippen LogP contribution in [0.3, 0.4) is 0 Å². The highest BCUT2D eigenvalue weighted by atomic mass is 35.5. The topological polar surface area (TPSA) is 43.8 Å². The molecule has 1 aliphatic rings. The Labute approximate surface area is 195 Å². The number of piperidine rings is 1. The van der Waals surface area contributed by atoms with Gasteiger partial charge in [0.15, 0.2) is 0 Å². The van der Waals surface area contributed by atoms with Crippen LogP contribution in [0.1, 0.15) is 34.8 Å². The summed E-state index contributed by atoms with van der Waals surface area (Å²) in [6, 6.07) is 24.3. The van der Waals surface area contributed by atoms with E-state index in [9.17, 15) is 4.79 Å². The van der Waals surface area contributed by atoms with E-state index in [2.05, 4.69) is 60.3 Å². The molecule has 0 radical (unpaired) electrons. The fraction of sp³-hybridized carbons (Fsp3) is 0.296. The van der Waals surface area contributed by atoms with E-state index in [4.69, 9.17) is 16.7 Å². The zero-order valence-corrected chi connectivity index (χ0v) is 19.3. The minimum atomic E-state index is -0.886. The highest BCUT2D eigenvalue weighted by Gasteiger charge is 2.30. The van der Waals surface area contributed by atoms with Crippen LogP contribution < -0.4 is 4.90 Å². The second-order valence-electron chi connectivity index (χ2n) is 8.68. The van der Waals surface area contributed by atoms with Crippen LogP contribution in [0.4, 0.5) is 5.69 Å². The van der Waals surface area contributed by atoms with Gasteiger partial charge in [0.2, 0.25) is 0 Å². The predicted octanol–water partition coefficient (Wildman–Crippen LogP) is 6.22. The smallest absolute Gasteiger partial charge is 0.335 e. The Bertz CT molecular complexity index is 1060. The van der Waals surface area contributed by atoms with E-state index in [1.165, 1.54) is 16.7 Å². The minimum absolute atomic E-state index is 0.318. The molecule has 1 fully saturated rings. The fourth-order valence-corrected chi connectivity index (χ4v) is 5.02. The molecule has 5 heteroatoms. The molecule has 0 spiro atoms. The van der Waals surface area contributed by atoms with E-state index in [1.807, 2.05) is 24.3 Å². The van der Waals surface area contributed by atoms with Gasteiger partial charge in [-0.05, 0) is 85.9 Å². The summed E-state index contributed by atoms with van der Waals surface area (Å²) in [5.41, 5.74) is 5.22. The first kappa shape index (κ1) is 22.4. The van der Waals surface area contributed by atoms with Gasteiger partial charge in [-0.2, -0.15) is 0 Å². The average Bonchev–Trinajstić information content (AvgIpc) is 2.80. The van der Waals surface area contributed by atoms with Crippen molar-refractivity contribution in [1.29, 1.82) is 0 Å². The van der Waals surface area contributed by atoms with Crippen LogP contribution in [0.2, 0.25) is 5.02 Å². The molecule has 166 valence electrons. The molecule has 3 aromatic rings. The van der Waals surface area contributed by atoms with E-state index in [0.29, 0.717) is 17.5 Å². The average molecular weight is 449 g/mol. The first-order valence-electron chi connectivity index (χ1n) is 11.0. The third-order valence-electron chi connectivity index (χ3n) is 6.46. The van der Waals surface area contributed by atoms with E-state index < -0.39 is 5.97 Å². The standard InChI is InChI=1S/C27H29ClN2O2/c1-29(2)26(25-6-4-3-5-24(25)19-7-11-22(28)12-8-19)20-15-17-30(18-16-20)23-13-9-21(10-14-23)27(31)32/h3-14,20,26H,15-18H2,1-2H3,(H,31,32). The van der Waals surface area contributed by atoms with Gasteiger partial charge >= 0.3 is 5.97 Å². The lowest BCUT2D eigenvalue weighted by Gasteiger charge is -2.40. The van der Waals surface area contributed by atoms with Crippen molar-refractivity contribution in [3.63, 3.8) is 0 Å². The molecular formula is C27H29ClN2O2. The van der Waals surface area contributed by atoms with Crippen molar-refractivity contribution in [3.05, 3.63) is 88.9 Å². The maximum absolute atomic E-state index is 11.1. The minimum Gasteiger partial charge on any atom is -0.478 e. The predicted molar refractivity (Wildman–Crippen MR) is 132 cm³/mol. The molecule has 1 atom stereocenters. The third-order valence-corrected chi connectivity index (χ3v) is 6.71. The largest absolute Gasteiger partial charge is 0.478 e. The molecule has 0 saturated carbocycles. The molecule has 0 aliphatic carbocycles. The first-order chi connectivity index (χ1) is 15.4. The molecule has 4 rings (SSSR count). The van der Waals surface area contributed by atoms with E-state index in [1.54, 1.807) is 12.1 Å². The molecule has 4 nitrogen and oxygen atoms in total. The van der Waals surface area contributed by atoms with Crippen LogP contribution in [0.5, 0.6) is 0 Å². The second kappa shape index (κ2) is 9.76. The number of carboxylic acid groups (broad SMARTS) is 1. The number of hydrogen-bond acceptors (Lipinski definition) is 3. The van der Waals surface area contributed by atoms with Crippen molar-refractivity contribution in [2.45, 2.75) is 18.9 Å². The number of carboxylic acids is 1. The number of hydrogen-bond donors (Lipinski definition) is 1. The summed E-state index contributed by atoms with van der Waals surface area (Å²) >= 11 is 6.12. The maximum Gasteiger partial charge on any atom is 0.335 e. The Morgan fingerprint density at radius 2 is 1.59 bits per heavy atom. The van der Waals surface area contributed by atoms with Crippen molar-refractivity contribution in [3.8, 4) is 11.1 Å². The van der Waals surface area contributed by atoms with Gasteiger partial charge in [-0.25, -0.2) is 4.79 Å². The molecule has 3 aromatic carbocycles. The Balaban J connectivity index is 1.54. The molecule has 1 N–H and O–H groups in total. The summed E-state index contributed by atoms with van der Waals surface area (Å²) in [4.78, 5) is 15.8. The fourth-order valence-electron chi connectivity index (χ4n) is 4.89. The monoisotopic (exact) mass is 448 g/mol. The van der Waals surface area contributed by atoms with Crippen molar-refractivity contribution in [2.24, 2.45) is 5.92 Å². The zero-order chi connectivity index (χ0) is 22.7. The highest BCUT2D eigenvalue weighted by molar-refractivity contribution is 6.30. The van der Waals surface area contributed by atoms with Gasteiger partial charge < -0.3 is 14.9 Å². The van der Waals surface area contributed by atoms with Gasteiger partial charge in [0.25, 0.3) is 0 Å². The van der Waals surface area contributed by atoms with Crippen molar-refractivity contribution in [1.82, 2.24) is 4.90 Å². The van der Waals surface area contributed by atoms with E-state index in [0.717, 1.165) is 36.6 Å². The lowest BCUT2D eigenvalue weighted by Crippen LogP contribution is -2.39. The summed E-state index contributed by atoms with van der Waals surface area (Å²) in [6.07, 6.45) is 2.16. The summed E-state index contributed by atoms with van der Waals surface area (Å²) in [5, 5.41) is 9.88. The number of anilines is 1. The van der Waals surface area contributed by atoms with Gasteiger partial charge in [-0.1, -0.05) is 48.0 Å². The number of aromatic carboxylic acids is 1. The summed E-state index contributed by atoms with van der Waals surface area (Å²) in [7, 11) is 4.33. The van der Waals surface area contributed by atoms with Crippen LogP contribution in [-0.2, 0) is 0 Å². The van der Waals surface area contributed by atoms with Crippen molar-refractivity contribution >= 4 is 23.3 Å². The number of halogens is 1. The Hall–Kier alpha value is -2.82. The van der Waals surface area contributed by atoms with E-state index >= 15 is 0 Å². The van der Waals surface area contributed by atoms with Crippen LogP contribution in [0.15, 0.2) is 72.8 Å². The van der Waals surface area contributed by atoms with Crippen LogP contribution in [0.25, 0.3) is 11.1 Å². The lowest BCUT2D eigenvalue weighted by molar-refractivity contribution is 0.0697. The summed E-state index contributed by atoms with van der Waals surface area (Å²) in [5.74, 6) is -0.351. The normalized spacial score (nSPS) is 15.7. The molecule has 1 aliphatic heterocycles. The number of benzene rings is 3. The molecule has 0 bridgehead atoms. The van der Waals surface area contributed by atoms with E-state index in [-0.39, 0.29) is 0 Å². The Morgan fingerprint density at radius 3 is 2.19 bits per heavy atom. The SMILES string of the molecule is CN(C)C(c1ccccc1-c1ccc(Cl)cc1)C1CCN(c2ccc(C(=O)O)cc2)CC1. The molecule has 0 amide bonds. The van der Waals surface area contributed by atoms with Gasteiger partial charge in [0.1, 0.15) is 0 Å². The van der Waals surface area contributed by atoms with Gasteiger partial charge in [-0.3, -0.25) is 0 Å². The highest BCUT2D eigenvalue weighted by Crippen LogP contribution is 2.39. The van der Waals surface area contributed by atoms with Crippen molar-refractivity contribution in [2.75, 3.05) is 32.1 Å². The zero-order valence-electron chi connectivity index (χ0n) is 18.5. The van der Waals surface area contributed by atoms with Gasteiger partial charge in [-0.15, -0.1) is 0 Å². The number of rotatable bonds is 6. The quantitative estimate of drug-likeness (QED) is 0.485. The van der Waals surface area contributed by atoms with Gasteiger partial charge in [0.05, 0.1) is 5.56 Å². The summed E-state index contributed by atoms with van der Waals surface area (Å²) in [6.45, 7) is 1.93. The molecule has 1 saturated heterocycles.